The van der Waals surface area contributed by atoms with Crippen LogP contribution >= 0.6 is 23.2 Å². The van der Waals surface area contributed by atoms with Gasteiger partial charge in [0.15, 0.2) is 0 Å². The molecule has 0 atom stereocenters. The Morgan fingerprint density at radius 2 is 2.11 bits per heavy atom. The van der Waals surface area contributed by atoms with Gasteiger partial charge in [-0.1, -0.05) is 23.2 Å². The number of carbonyl (C=O) groups is 1. The Bertz CT molecular complexity index is 602. The molecule has 0 saturated carbocycles. The molecule has 6 heteroatoms. The molecular weight excluding hydrogens is 273 g/mol. The zero-order valence-electron chi connectivity index (χ0n) is 9.45. The SMILES string of the molecule is Cc1cnccc1NC(=O)c1cc(Cl)ncc1Cl. The topological polar surface area (TPSA) is 54.9 Å². The highest BCUT2D eigenvalue weighted by Gasteiger charge is 2.12. The van der Waals surface area contributed by atoms with E-state index in [-0.39, 0.29) is 21.6 Å². The molecule has 18 heavy (non-hydrogen) atoms. The summed E-state index contributed by atoms with van der Waals surface area (Å²) in [5.41, 5.74) is 1.83. The number of pyridine rings is 2. The lowest BCUT2D eigenvalue weighted by atomic mass is 10.2. The Morgan fingerprint density at radius 1 is 1.33 bits per heavy atom. The van der Waals surface area contributed by atoms with E-state index in [0.717, 1.165) is 5.56 Å². The van der Waals surface area contributed by atoms with Gasteiger partial charge < -0.3 is 5.32 Å². The normalized spacial score (nSPS) is 10.2. The summed E-state index contributed by atoms with van der Waals surface area (Å²) < 4.78 is 0. The number of carbonyl (C=O) groups excluding carboxylic acids is 1. The maximum absolute atomic E-state index is 12.0. The summed E-state index contributed by atoms with van der Waals surface area (Å²) in [4.78, 5) is 19.8. The highest BCUT2D eigenvalue weighted by molar-refractivity contribution is 6.35. The van der Waals surface area contributed by atoms with Crippen molar-refractivity contribution in [2.75, 3.05) is 5.32 Å². The van der Waals surface area contributed by atoms with Gasteiger partial charge in [-0.05, 0) is 24.6 Å². The highest BCUT2D eigenvalue weighted by atomic mass is 35.5. The van der Waals surface area contributed by atoms with Crippen LogP contribution in [0.2, 0.25) is 10.2 Å². The van der Waals surface area contributed by atoms with Crippen LogP contribution in [-0.4, -0.2) is 15.9 Å². The minimum Gasteiger partial charge on any atom is -0.322 e. The predicted molar refractivity (Wildman–Crippen MR) is 71.2 cm³/mol. The lowest BCUT2D eigenvalue weighted by Crippen LogP contribution is -2.13. The molecule has 0 unspecified atom stereocenters. The van der Waals surface area contributed by atoms with Gasteiger partial charge in [0.1, 0.15) is 5.15 Å². The van der Waals surface area contributed by atoms with Crippen LogP contribution in [0.4, 0.5) is 5.69 Å². The van der Waals surface area contributed by atoms with E-state index in [1.807, 2.05) is 6.92 Å². The van der Waals surface area contributed by atoms with E-state index in [9.17, 15) is 4.79 Å². The van der Waals surface area contributed by atoms with Crippen LogP contribution in [0.3, 0.4) is 0 Å². The first-order valence-corrected chi connectivity index (χ1v) is 5.86. The van der Waals surface area contributed by atoms with Crippen molar-refractivity contribution in [1.82, 2.24) is 9.97 Å². The second-order valence-corrected chi connectivity index (χ2v) is 4.43. The summed E-state index contributed by atoms with van der Waals surface area (Å²) in [6.45, 7) is 1.85. The van der Waals surface area contributed by atoms with Gasteiger partial charge in [-0.3, -0.25) is 9.78 Å². The minimum absolute atomic E-state index is 0.219. The molecule has 0 radical (unpaired) electrons. The van der Waals surface area contributed by atoms with Crippen LogP contribution in [0.25, 0.3) is 0 Å². The van der Waals surface area contributed by atoms with Gasteiger partial charge in [0, 0.05) is 24.3 Å². The minimum atomic E-state index is -0.335. The Hall–Kier alpha value is -1.65. The molecule has 4 nitrogen and oxygen atoms in total. The molecule has 0 aromatic carbocycles. The molecule has 0 aliphatic rings. The van der Waals surface area contributed by atoms with Crippen LogP contribution in [0.15, 0.2) is 30.7 Å². The summed E-state index contributed by atoms with van der Waals surface area (Å²) in [5.74, 6) is -0.335. The smallest absolute Gasteiger partial charge is 0.257 e. The third-order valence-corrected chi connectivity index (χ3v) is 2.84. The third kappa shape index (κ3) is 2.78. The van der Waals surface area contributed by atoms with E-state index < -0.39 is 0 Å². The van der Waals surface area contributed by atoms with Gasteiger partial charge in [0.05, 0.1) is 10.6 Å². The molecular formula is C12H9Cl2N3O. The van der Waals surface area contributed by atoms with Gasteiger partial charge in [0.2, 0.25) is 0 Å². The van der Waals surface area contributed by atoms with Crippen molar-refractivity contribution in [2.24, 2.45) is 0 Å². The van der Waals surface area contributed by atoms with Crippen molar-refractivity contribution in [3.8, 4) is 0 Å². The summed E-state index contributed by atoms with van der Waals surface area (Å²) in [6.07, 6.45) is 4.61. The first-order valence-electron chi connectivity index (χ1n) is 5.11. The number of hydrogen-bond acceptors (Lipinski definition) is 3. The average molecular weight is 282 g/mol. The van der Waals surface area contributed by atoms with E-state index in [0.29, 0.717) is 5.69 Å². The van der Waals surface area contributed by atoms with Gasteiger partial charge in [-0.25, -0.2) is 4.98 Å². The standard InChI is InChI=1S/C12H9Cl2N3O/c1-7-5-15-3-2-10(7)17-12(18)8-4-11(14)16-6-9(8)13/h2-6H,1H3,(H,15,17,18). The molecule has 2 aromatic heterocycles. The summed E-state index contributed by atoms with van der Waals surface area (Å²) in [6, 6.07) is 3.14. The van der Waals surface area contributed by atoms with E-state index >= 15 is 0 Å². The van der Waals surface area contributed by atoms with Gasteiger partial charge >= 0.3 is 0 Å². The van der Waals surface area contributed by atoms with E-state index in [1.165, 1.54) is 12.3 Å². The third-order valence-electron chi connectivity index (χ3n) is 2.34. The second-order valence-electron chi connectivity index (χ2n) is 3.63. The van der Waals surface area contributed by atoms with Crippen molar-refractivity contribution in [3.63, 3.8) is 0 Å². The fourth-order valence-corrected chi connectivity index (χ4v) is 1.74. The fourth-order valence-electron chi connectivity index (χ4n) is 1.39. The number of aromatic nitrogens is 2. The zero-order valence-corrected chi connectivity index (χ0v) is 11.0. The van der Waals surface area contributed by atoms with Gasteiger partial charge in [0.25, 0.3) is 5.91 Å². The largest absolute Gasteiger partial charge is 0.322 e. The van der Waals surface area contributed by atoms with Crippen LogP contribution in [0.1, 0.15) is 15.9 Å². The monoisotopic (exact) mass is 281 g/mol. The van der Waals surface area contributed by atoms with Crippen LogP contribution < -0.4 is 5.32 Å². The van der Waals surface area contributed by atoms with E-state index in [1.54, 1.807) is 18.5 Å². The Labute approximate surface area is 114 Å². The number of aryl methyl sites for hydroxylation is 1. The molecule has 0 saturated heterocycles. The zero-order chi connectivity index (χ0) is 13.1. The van der Waals surface area contributed by atoms with Crippen molar-refractivity contribution in [3.05, 3.63) is 52.0 Å². The molecule has 0 bridgehead atoms. The molecule has 1 N–H and O–H groups in total. The summed E-state index contributed by atoms with van der Waals surface area (Å²) in [5, 5.41) is 3.22. The molecule has 0 aliphatic heterocycles. The van der Waals surface area contributed by atoms with Crippen molar-refractivity contribution < 1.29 is 4.79 Å². The summed E-state index contributed by atoms with van der Waals surface area (Å²) in [7, 11) is 0. The maximum Gasteiger partial charge on any atom is 0.257 e. The average Bonchev–Trinajstić information content (AvgIpc) is 2.35. The van der Waals surface area contributed by atoms with Crippen LogP contribution in [0, 0.1) is 6.92 Å². The quantitative estimate of drug-likeness (QED) is 0.859. The van der Waals surface area contributed by atoms with Crippen molar-refractivity contribution in [1.29, 1.82) is 0 Å². The van der Waals surface area contributed by atoms with E-state index in [4.69, 9.17) is 23.2 Å². The molecule has 2 aromatic rings. The molecule has 0 fully saturated rings. The first-order chi connectivity index (χ1) is 8.58. The van der Waals surface area contributed by atoms with Gasteiger partial charge in [-0.2, -0.15) is 0 Å². The number of amides is 1. The Kier molecular flexibility index (Phi) is 3.79. The number of anilines is 1. The molecule has 2 rings (SSSR count). The number of nitrogens with zero attached hydrogens (tertiary/aromatic N) is 2. The van der Waals surface area contributed by atoms with Crippen LogP contribution in [0.5, 0.6) is 0 Å². The number of halogens is 2. The van der Waals surface area contributed by atoms with Gasteiger partial charge in [-0.15, -0.1) is 0 Å². The maximum atomic E-state index is 12.0. The number of hydrogen-bond donors (Lipinski definition) is 1. The number of nitrogens with one attached hydrogen (secondary N) is 1. The lowest BCUT2D eigenvalue weighted by molar-refractivity contribution is 0.102. The molecule has 0 aliphatic carbocycles. The fraction of sp³-hybridized carbons (Fsp3) is 0.0833. The van der Waals surface area contributed by atoms with E-state index in [2.05, 4.69) is 15.3 Å². The van der Waals surface area contributed by atoms with Crippen molar-refractivity contribution in [2.45, 2.75) is 6.92 Å². The second kappa shape index (κ2) is 5.33. The Balaban J connectivity index is 2.28. The highest BCUT2D eigenvalue weighted by Crippen LogP contribution is 2.20. The molecule has 92 valence electrons. The molecule has 0 spiro atoms. The van der Waals surface area contributed by atoms with Crippen molar-refractivity contribution >= 4 is 34.8 Å². The molecule has 1 amide bonds. The molecule has 2 heterocycles. The number of rotatable bonds is 2. The first kappa shape index (κ1) is 12.8. The predicted octanol–water partition coefficient (Wildman–Crippen LogP) is 3.34. The summed E-state index contributed by atoms with van der Waals surface area (Å²) >= 11 is 11.6. The lowest BCUT2D eigenvalue weighted by Gasteiger charge is -2.08. The Morgan fingerprint density at radius 3 is 2.83 bits per heavy atom. The van der Waals surface area contributed by atoms with Crippen LogP contribution in [-0.2, 0) is 0 Å².